The Bertz CT molecular complexity index is 496. The van der Waals surface area contributed by atoms with Crippen LogP contribution in [0.4, 0.5) is 0 Å². The molecule has 0 bridgehead atoms. The van der Waals surface area contributed by atoms with Crippen molar-refractivity contribution in [2.75, 3.05) is 25.9 Å². The summed E-state index contributed by atoms with van der Waals surface area (Å²) in [7, 11) is -1.29. The lowest BCUT2D eigenvalue weighted by atomic mass is 10.0. The van der Waals surface area contributed by atoms with Crippen molar-refractivity contribution in [1.82, 2.24) is 9.62 Å². The molecule has 0 saturated carbocycles. The van der Waals surface area contributed by atoms with Gasteiger partial charge in [-0.2, -0.15) is 4.31 Å². The highest BCUT2D eigenvalue weighted by Crippen LogP contribution is 2.34. The van der Waals surface area contributed by atoms with Crippen molar-refractivity contribution < 1.29 is 8.42 Å². The van der Waals surface area contributed by atoms with E-state index in [4.69, 9.17) is 0 Å². The number of nitrogens with one attached hydrogen (secondary N) is 1. The normalized spacial score (nSPS) is 20.9. The zero-order valence-electron chi connectivity index (χ0n) is 10.8. The van der Waals surface area contributed by atoms with E-state index in [1.165, 1.54) is 10.4 Å². The minimum absolute atomic E-state index is 0.0143. The van der Waals surface area contributed by atoms with E-state index in [0.29, 0.717) is 13.0 Å². The summed E-state index contributed by atoms with van der Waals surface area (Å²) in [6.07, 6.45) is 1.52. The molecule has 18 heavy (non-hydrogen) atoms. The molecule has 0 spiro atoms. The number of hydrogen-bond donors (Lipinski definition) is 1. The van der Waals surface area contributed by atoms with Crippen LogP contribution in [0.1, 0.15) is 29.8 Å². The molecule has 0 aliphatic carbocycles. The summed E-state index contributed by atoms with van der Waals surface area (Å²) < 4.78 is 26.3. The second-order valence-electron chi connectivity index (χ2n) is 4.61. The number of fused-ring (bicyclic) bond motifs is 1. The first-order valence-electron chi connectivity index (χ1n) is 6.26. The van der Waals surface area contributed by atoms with Crippen molar-refractivity contribution in [3.63, 3.8) is 0 Å². The fourth-order valence-electron chi connectivity index (χ4n) is 2.42. The highest BCUT2D eigenvalue weighted by molar-refractivity contribution is 7.89. The van der Waals surface area contributed by atoms with Crippen LogP contribution in [0, 0.1) is 0 Å². The molecule has 0 saturated heterocycles. The molecule has 1 unspecified atom stereocenters. The van der Waals surface area contributed by atoms with Gasteiger partial charge in [-0.25, -0.2) is 8.42 Å². The lowest BCUT2D eigenvalue weighted by Crippen LogP contribution is -2.39. The molecule has 2 heterocycles. The van der Waals surface area contributed by atoms with Gasteiger partial charge in [-0.1, -0.05) is 0 Å². The average Bonchev–Trinajstić information content (AvgIpc) is 2.78. The van der Waals surface area contributed by atoms with E-state index in [1.54, 1.807) is 15.6 Å². The summed E-state index contributed by atoms with van der Waals surface area (Å²) in [5.74, 6) is 0.234. The van der Waals surface area contributed by atoms with Crippen LogP contribution in [0.2, 0.25) is 0 Å². The Morgan fingerprint density at radius 2 is 2.33 bits per heavy atom. The highest BCUT2D eigenvalue weighted by atomic mass is 32.2. The predicted octanol–water partition coefficient (Wildman–Crippen LogP) is 1.61. The molecule has 102 valence electrons. The van der Waals surface area contributed by atoms with Crippen LogP contribution < -0.4 is 5.32 Å². The van der Waals surface area contributed by atoms with Crippen LogP contribution in [-0.4, -0.2) is 38.6 Å². The van der Waals surface area contributed by atoms with Crippen LogP contribution in [0.3, 0.4) is 0 Å². The van der Waals surface area contributed by atoms with E-state index in [-0.39, 0.29) is 11.8 Å². The minimum Gasteiger partial charge on any atom is -0.320 e. The van der Waals surface area contributed by atoms with E-state index in [0.717, 1.165) is 13.0 Å². The molecular formula is C12H20N2O2S2. The third kappa shape index (κ3) is 2.77. The molecule has 2 rings (SSSR count). The van der Waals surface area contributed by atoms with Gasteiger partial charge >= 0.3 is 0 Å². The first kappa shape index (κ1) is 14.0. The molecule has 4 nitrogen and oxygen atoms in total. The molecule has 6 heteroatoms. The maximum atomic E-state index is 12.3. The van der Waals surface area contributed by atoms with E-state index in [1.807, 2.05) is 14.0 Å². The van der Waals surface area contributed by atoms with Gasteiger partial charge in [-0.05, 0) is 50.4 Å². The largest absolute Gasteiger partial charge is 0.320 e. The third-order valence-electron chi connectivity index (χ3n) is 3.41. The molecule has 1 atom stereocenters. The van der Waals surface area contributed by atoms with Gasteiger partial charge in [0.2, 0.25) is 10.0 Å². The van der Waals surface area contributed by atoms with Crippen LogP contribution in [-0.2, 0) is 16.4 Å². The Labute approximate surface area is 113 Å². The highest BCUT2D eigenvalue weighted by Gasteiger charge is 2.32. The molecule has 1 N–H and O–H groups in total. The number of hydrogen-bond acceptors (Lipinski definition) is 4. The summed E-state index contributed by atoms with van der Waals surface area (Å²) in [5, 5.41) is 5.04. The van der Waals surface area contributed by atoms with Gasteiger partial charge in [0.05, 0.1) is 5.75 Å². The number of sulfonamides is 1. The van der Waals surface area contributed by atoms with Gasteiger partial charge in [-0.3, -0.25) is 0 Å². The van der Waals surface area contributed by atoms with Crippen molar-refractivity contribution in [2.45, 2.75) is 25.8 Å². The number of thiophene rings is 1. The van der Waals surface area contributed by atoms with E-state index in [9.17, 15) is 8.42 Å². The second kappa shape index (κ2) is 5.69. The first-order valence-corrected chi connectivity index (χ1v) is 8.75. The van der Waals surface area contributed by atoms with Crippen LogP contribution in [0.25, 0.3) is 0 Å². The van der Waals surface area contributed by atoms with E-state index in [2.05, 4.69) is 16.8 Å². The van der Waals surface area contributed by atoms with Crippen molar-refractivity contribution in [2.24, 2.45) is 0 Å². The van der Waals surface area contributed by atoms with Gasteiger partial charge in [0.15, 0.2) is 0 Å². The van der Waals surface area contributed by atoms with Gasteiger partial charge in [-0.15, -0.1) is 11.3 Å². The Morgan fingerprint density at radius 1 is 1.56 bits per heavy atom. The van der Waals surface area contributed by atoms with Crippen molar-refractivity contribution in [3.8, 4) is 0 Å². The summed E-state index contributed by atoms with van der Waals surface area (Å²) in [6.45, 7) is 3.35. The monoisotopic (exact) mass is 288 g/mol. The smallest absolute Gasteiger partial charge is 0.214 e. The summed E-state index contributed by atoms with van der Waals surface area (Å²) >= 11 is 1.73. The quantitative estimate of drug-likeness (QED) is 0.837. The van der Waals surface area contributed by atoms with Gasteiger partial charge < -0.3 is 5.32 Å². The Kier molecular flexibility index (Phi) is 4.42. The summed E-state index contributed by atoms with van der Waals surface area (Å²) in [6, 6.07) is 2.04. The van der Waals surface area contributed by atoms with Gasteiger partial charge in [0.1, 0.15) is 0 Å². The minimum atomic E-state index is -3.13. The maximum absolute atomic E-state index is 12.3. The van der Waals surface area contributed by atoms with Crippen molar-refractivity contribution in [1.29, 1.82) is 0 Å². The SMILES string of the molecule is CNCCCS(=O)(=O)N1CCc2sccc2C1C. The molecule has 1 aliphatic heterocycles. The summed E-state index contributed by atoms with van der Waals surface area (Å²) in [5.41, 5.74) is 1.18. The molecule has 0 amide bonds. The van der Waals surface area contributed by atoms with Crippen molar-refractivity contribution >= 4 is 21.4 Å². The molecule has 1 aromatic rings. The average molecular weight is 288 g/mol. The lowest BCUT2D eigenvalue weighted by Gasteiger charge is -2.32. The molecule has 0 fully saturated rings. The lowest BCUT2D eigenvalue weighted by molar-refractivity contribution is 0.329. The van der Waals surface area contributed by atoms with Gasteiger partial charge in [0, 0.05) is 17.5 Å². The predicted molar refractivity (Wildman–Crippen MR) is 75.5 cm³/mol. The fourth-order valence-corrected chi connectivity index (χ4v) is 5.09. The van der Waals surface area contributed by atoms with Crippen LogP contribution in [0.15, 0.2) is 11.4 Å². The fraction of sp³-hybridized carbons (Fsp3) is 0.667. The Balaban J connectivity index is 2.10. The summed E-state index contributed by atoms with van der Waals surface area (Å²) in [4.78, 5) is 1.34. The third-order valence-corrected chi connectivity index (χ3v) is 6.42. The zero-order chi connectivity index (χ0) is 13.2. The van der Waals surface area contributed by atoms with E-state index >= 15 is 0 Å². The maximum Gasteiger partial charge on any atom is 0.214 e. The number of nitrogens with zero attached hydrogens (tertiary/aromatic N) is 1. The molecule has 0 radical (unpaired) electrons. The first-order chi connectivity index (χ1) is 8.56. The van der Waals surface area contributed by atoms with Crippen LogP contribution in [0.5, 0.6) is 0 Å². The second-order valence-corrected chi connectivity index (χ2v) is 7.65. The Morgan fingerprint density at radius 3 is 3.06 bits per heavy atom. The van der Waals surface area contributed by atoms with E-state index < -0.39 is 10.0 Å². The molecule has 0 aromatic carbocycles. The molecular weight excluding hydrogens is 268 g/mol. The van der Waals surface area contributed by atoms with Crippen LogP contribution >= 0.6 is 11.3 Å². The van der Waals surface area contributed by atoms with Crippen molar-refractivity contribution in [3.05, 3.63) is 21.9 Å². The number of rotatable bonds is 5. The topological polar surface area (TPSA) is 49.4 Å². The van der Waals surface area contributed by atoms with Gasteiger partial charge in [0.25, 0.3) is 0 Å². The zero-order valence-corrected chi connectivity index (χ0v) is 12.5. The standard InChI is InChI=1S/C12H20N2O2S2/c1-10-11-5-8-17-12(11)4-7-14(10)18(15,16)9-3-6-13-2/h5,8,10,13H,3-4,6-7,9H2,1-2H3. The Hall–Kier alpha value is -0.430. The molecule has 1 aliphatic rings. The molecule has 1 aromatic heterocycles.